The van der Waals surface area contributed by atoms with Crippen LogP contribution in [0.5, 0.6) is 0 Å². The number of H-pyrrole nitrogens is 1. The number of nitrogens with zero attached hydrogens (tertiary/aromatic N) is 3. The number of piperazine rings is 1. The van der Waals surface area contributed by atoms with E-state index in [1.54, 1.807) is 0 Å². The Morgan fingerprint density at radius 3 is 2.73 bits per heavy atom. The number of hydrogen-bond acceptors (Lipinski definition) is 3. The van der Waals surface area contributed by atoms with Crippen molar-refractivity contribution in [2.45, 2.75) is 12.8 Å². The fourth-order valence-corrected chi connectivity index (χ4v) is 2.92. The quantitative estimate of drug-likeness (QED) is 0.880. The molecule has 1 aliphatic rings. The first-order valence-electron chi connectivity index (χ1n) is 7.74. The van der Waals surface area contributed by atoms with Gasteiger partial charge in [-0.1, -0.05) is 18.2 Å². The average molecular weight is 296 g/mol. The second-order valence-electron chi connectivity index (χ2n) is 5.67. The highest BCUT2D eigenvalue weighted by atomic mass is 16.2. The number of hydrogen-bond donors (Lipinski definition) is 1. The summed E-state index contributed by atoms with van der Waals surface area (Å²) in [6.07, 6.45) is 1.51. The number of carbonyl (C=O) groups excluding carboxylic acids is 1. The van der Waals surface area contributed by atoms with Crippen molar-refractivity contribution in [1.82, 2.24) is 14.8 Å². The molecule has 0 atom stereocenters. The smallest absolute Gasteiger partial charge is 0.270 e. The Morgan fingerprint density at radius 1 is 1.23 bits per heavy atom. The molecule has 5 heteroatoms. The van der Waals surface area contributed by atoms with Crippen LogP contribution in [0.25, 0.3) is 10.9 Å². The summed E-state index contributed by atoms with van der Waals surface area (Å²) < 4.78 is 0. The van der Waals surface area contributed by atoms with E-state index in [0.29, 0.717) is 12.1 Å². The highest BCUT2D eigenvalue weighted by molar-refractivity contribution is 5.98. The summed E-state index contributed by atoms with van der Waals surface area (Å²) in [4.78, 5) is 20.0. The van der Waals surface area contributed by atoms with E-state index in [1.807, 2.05) is 35.2 Å². The third kappa shape index (κ3) is 3.12. The molecule has 2 heterocycles. The zero-order valence-corrected chi connectivity index (χ0v) is 12.6. The fraction of sp³-hybridized carbons (Fsp3) is 0.412. The van der Waals surface area contributed by atoms with Gasteiger partial charge < -0.3 is 9.88 Å². The van der Waals surface area contributed by atoms with E-state index >= 15 is 0 Å². The van der Waals surface area contributed by atoms with Crippen molar-refractivity contribution in [1.29, 1.82) is 5.26 Å². The number of fused-ring (bicyclic) bond motifs is 1. The molecule has 0 radical (unpaired) electrons. The second kappa shape index (κ2) is 6.63. The van der Waals surface area contributed by atoms with Gasteiger partial charge in [-0.25, -0.2) is 0 Å². The van der Waals surface area contributed by atoms with Gasteiger partial charge in [-0.2, -0.15) is 5.26 Å². The van der Waals surface area contributed by atoms with Gasteiger partial charge >= 0.3 is 0 Å². The topological polar surface area (TPSA) is 63.1 Å². The molecule has 1 aliphatic heterocycles. The van der Waals surface area contributed by atoms with Crippen LogP contribution in [0.1, 0.15) is 23.3 Å². The zero-order valence-electron chi connectivity index (χ0n) is 12.6. The first kappa shape index (κ1) is 14.6. The third-order valence-electron chi connectivity index (χ3n) is 4.18. The van der Waals surface area contributed by atoms with Crippen molar-refractivity contribution >= 4 is 16.8 Å². The summed E-state index contributed by atoms with van der Waals surface area (Å²) in [6.45, 7) is 4.22. The standard InChI is InChI=1S/C17H20N4O/c18-7-3-4-8-20-9-11-21(12-10-20)17(22)16-13-14-5-1-2-6-15(14)19-16/h1-2,5-6,13,19H,3-4,8-12H2. The summed E-state index contributed by atoms with van der Waals surface area (Å²) in [5.41, 5.74) is 1.67. The van der Waals surface area contributed by atoms with E-state index in [-0.39, 0.29) is 5.91 Å². The van der Waals surface area contributed by atoms with Gasteiger partial charge in [-0.3, -0.25) is 9.69 Å². The molecule has 0 aliphatic carbocycles. The lowest BCUT2D eigenvalue weighted by atomic mass is 10.2. The monoisotopic (exact) mass is 296 g/mol. The molecule has 1 aromatic heterocycles. The second-order valence-corrected chi connectivity index (χ2v) is 5.67. The lowest BCUT2D eigenvalue weighted by Gasteiger charge is -2.34. The van der Waals surface area contributed by atoms with Crippen LogP contribution >= 0.6 is 0 Å². The van der Waals surface area contributed by atoms with Gasteiger partial charge in [0.2, 0.25) is 0 Å². The largest absolute Gasteiger partial charge is 0.351 e. The molecule has 1 amide bonds. The summed E-state index contributed by atoms with van der Waals surface area (Å²) in [7, 11) is 0. The number of amides is 1. The SMILES string of the molecule is N#CCCCN1CCN(C(=O)c2cc3ccccc3[nH]2)CC1. The van der Waals surface area contributed by atoms with Gasteiger partial charge in [0.15, 0.2) is 0 Å². The number of aromatic nitrogens is 1. The Morgan fingerprint density at radius 2 is 2.00 bits per heavy atom. The normalized spacial score (nSPS) is 15.9. The molecule has 114 valence electrons. The van der Waals surface area contributed by atoms with Crippen LogP contribution in [-0.2, 0) is 0 Å². The van der Waals surface area contributed by atoms with Crippen LogP contribution in [0.2, 0.25) is 0 Å². The number of unbranched alkanes of at least 4 members (excludes halogenated alkanes) is 1. The van der Waals surface area contributed by atoms with Gasteiger partial charge in [0.05, 0.1) is 6.07 Å². The van der Waals surface area contributed by atoms with Crippen molar-refractivity contribution in [3.63, 3.8) is 0 Å². The lowest BCUT2D eigenvalue weighted by molar-refractivity contribution is 0.0631. The molecule has 5 nitrogen and oxygen atoms in total. The molecule has 0 bridgehead atoms. The van der Waals surface area contributed by atoms with Crippen LogP contribution < -0.4 is 0 Å². The van der Waals surface area contributed by atoms with E-state index in [2.05, 4.69) is 16.0 Å². The predicted octanol–water partition coefficient (Wildman–Crippen LogP) is 2.23. The highest BCUT2D eigenvalue weighted by Gasteiger charge is 2.22. The third-order valence-corrected chi connectivity index (χ3v) is 4.18. The number of rotatable bonds is 4. The molecular formula is C17H20N4O. The molecule has 0 spiro atoms. The molecular weight excluding hydrogens is 276 g/mol. The van der Waals surface area contributed by atoms with E-state index in [9.17, 15) is 4.79 Å². The zero-order chi connectivity index (χ0) is 15.4. The van der Waals surface area contributed by atoms with Crippen molar-refractivity contribution in [2.24, 2.45) is 0 Å². The Hall–Kier alpha value is -2.32. The molecule has 2 aromatic rings. The first-order valence-corrected chi connectivity index (χ1v) is 7.74. The van der Waals surface area contributed by atoms with Crippen LogP contribution in [0.15, 0.2) is 30.3 Å². The van der Waals surface area contributed by atoms with E-state index in [4.69, 9.17) is 5.26 Å². The number of aromatic amines is 1. The maximum absolute atomic E-state index is 12.6. The minimum atomic E-state index is 0.0767. The lowest BCUT2D eigenvalue weighted by Crippen LogP contribution is -2.48. The minimum Gasteiger partial charge on any atom is -0.351 e. The summed E-state index contributed by atoms with van der Waals surface area (Å²) in [5, 5.41) is 9.64. The summed E-state index contributed by atoms with van der Waals surface area (Å²) >= 11 is 0. The molecule has 0 unspecified atom stereocenters. The Kier molecular flexibility index (Phi) is 4.40. The van der Waals surface area contributed by atoms with Crippen molar-refractivity contribution < 1.29 is 4.79 Å². The van der Waals surface area contributed by atoms with Gasteiger partial charge in [0.25, 0.3) is 5.91 Å². The van der Waals surface area contributed by atoms with E-state index < -0.39 is 0 Å². The number of benzene rings is 1. The Bertz CT molecular complexity index is 659. The van der Waals surface area contributed by atoms with Gasteiger partial charge in [-0.05, 0) is 25.1 Å². The number of nitrogens with one attached hydrogen (secondary N) is 1. The molecule has 22 heavy (non-hydrogen) atoms. The van der Waals surface area contributed by atoms with Gasteiger partial charge in [0.1, 0.15) is 5.69 Å². The van der Waals surface area contributed by atoms with Gasteiger partial charge in [-0.15, -0.1) is 0 Å². The average Bonchev–Trinajstić information content (AvgIpc) is 2.99. The first-order chi connectivity index (χ1) is 10.8. The fourth-order valence-electron chi connectivity index (χ4n) is 2.92. The Balaban J connectivity index is 1.59. The van der Waals surface area contributed by atoms with Gasteiger partial charge in [0, 0.05) is 43.5 Å². The number of nitriles is 1. The van der Waals surface area contributed by atoms with Crippen LogP contribution in [0, 0.1) is 11.3 Å². The summed E-state index contributed by atoms with van der Waals surface area (Å²) in [5.74, 6) is 0.0767. The van der Waals surface area contributed by atoms with Crippen LogP contribution in [-0.4, -0.2) is 53.4 Å². The highest BCUT2D eigenvalue weighted by Crippen LogP contribution is 2.16. The number of carbonyl (C=O) groups is 1. The van der Waals surface area contributed by atoms with Crippen molar-refractivity contribution in [3.8, 4) is 6.07 Å². The molecule has 1 fully saturated rings. The maximum Gasteiger partial charge on any atom is 0.270 e. The number of para-hydroxylation sites is 1. The van der Waals surface area contributed by atoms with Crippen LogP contribution in [0.4, 0.5) is 0 Å². The molecule has 3 rings (SSSR count). The van der Waals surface area contributed by atoms with Crippen LogP contribution in [0.3, 0.4) is 0 Å². The molecule has 0 saturated carbocycles. The minimum absolute atomic E-state index is 0.0767. The van der Waals surface area contributed by atoms with Crippen molar-refractivity contribution in [3.05, 3.63) is 36.0 Å². The maximum atomic E-state index is 12.6. The van der Waals surface area contributed by atoms with E-state index in [1.165, 1.54) is 0 Å². The summed E-state index contributed by atoms with van der Waals surface area (Å²) in [6, 6.07) is 12.0. The van der Waals surface area contributed by atoms with E-state index in [0.717, 1.165) is 50.0 Å². The predicted molar refractivity (Wildman–Crippen MR) is 85.5 cm³/mol. The van der Waals surface area contributed by atoms with Crippen molar-refractivity contribution in [2.75, 3.05) is 32.7 Å². The Labute approximate surface area is 130 Å². The molecule has 1 N–H and O–H groups in total. The molecule has 1 saturated heterocycles. The molecule has 1 aromatic carbocycles.